The molecule has 0 N–H and O–H groups in total. The van der Waals surface area contributed by atoms with Gasteiger partial charge in [-0.05, 0) is 19.1 Å². The molecule has 0 bridgehead atoms. The Hall–Kier alpha value is -1.51. The fourth-order valence-electron chi connectivity index (χ4n) is 1.21. The molecule has 0 atom stereocenters. The van der Waals surface area contributed by atoms with E-state index in [9.17, 15) is 4.79 Å². The van der Waals surface area contributed by atoms with Crippen molar-refractivity contribution in [3.8, 4) is 0 Å². The lowest BCUT2D eigenvalue weighted by Gasteiger charge is -2.07. The summed E-state index contributed by atoms with van der Waals surface area (Å²) in [5.41, 5.74) is 1.80. The van der Waals surface area contributed by atoms with Crippen LogP contribution in [0.2, 0.25) is 0 Å². The molecule has 0 aliphatic heterocycles. The maximum absolute atomic E-state index is 11.0. The summed E-state index contributed by atoms with van der Waals surface area (Å²) in [5, 5.41) is 0. The van der Waals surface area contributed by atoms with Crippen molar-refractivity contribution < 1.29 is 4.79 Å². The topological polar surface area (TPSA) is 42.9 Å². The van der Waals surface area contributed by atoms with E-state index in [0.29, 0.717) is 6.42 Å². The highest BCUT2D eigenvalue weighted by molar-refractivity contribution is 5.97. The van der Waals surface area contributed by atoms with Gasteiger partial charge in [0.15, 0.2) is 5.78 Å². The first-order chi connectivity index (χ1) is 5.75. The van der Waals surface area contributed by atoms with E-state index < -0.39 is 0 Å². The lowest BCUT2D eigenvalue weighted by atomic mass is 10.0. The molecule has 3 nitrogen and oxygen atoms in total. The van der Waals surface area contributed by atoms with Gasteiger partial charge in [0.2, 0.25) is 0 Å². The molecule has 2 rings (SSSR count). The number of carbonyl (C=O) groups is 1. The van der Waals surface area contributed by atoms with Gasteiger partial charge in [0.1, 0.15) is 5.82 Å². The number of carbonyl (C=O) groups excluding carboxylic acids is 1. The fraction of sp³-hybridized carbons (Fsp3) is 0.222. The van der Waals surface area contributed by atoms with Gasteiger partial charge in [-0.15, -0.1) is 0 Å². The first-order valence-electron chi connectivity index (χ1n) is 3.79. The lowest BCUT2D eigenvalue weighted by Crippen LogP contribution is -2.09. The van der Waals surface area contributed by atoms with E-state index in [0.717, 1.165) is 17.1 Å². The summed E-state index contributed by atoms with van der Waals surface area (Å²) in [7, 11) is 0. The Morgan fingerprint density at radius 2 is 2.25 bits per heavy atom. The second kappa shape index (κ2) is 2.52. The fourth-order valence-corrected chi connectivity index (χ4v) is 1.21. The molecule has 0 unspecified atom stereocenters. The van der Waals surface area contributed by atoms with E-state index in [2.05, 4.69) is 9.97 Å². The number of hydrogen-bond acceptors (Lipinski definition) is 3. The van der Waals surface area contributed by atoms with E-state index in [1.807, 2.05) is 6.92 Å². The quantitative estimate of drug-likeness (QED) is 0.566. The van der Waals surface area contributed by atoms with Gasteiger partial charge < -0.3 is 0 Å². The monoisotopic (exact) mass is 160 g/mol. The van der Waals surface area contributed by atoms with Crippen molar-refractivity contribution in [1.82, 2.24) is 9.97 Å². The highest BCUT2D eigenvalue weighted by atomic mass is 16.1. The second-order valence-electron chi connectivity index (χ2n) is 2.80. The van der Waals surface area contributed by atoms with Gasteiger partial charge in [0.05, 0.1) is 12.1 Å². The van der Waals surface area contributed by atoms with Crippen molar-refractivity contribution in [3.63, 3.8) is 0 Å². The van der Waals surface area contributed by atoms with Crippen molar-refractivity contribution in [1.29, 1.82) is 0 Å². The first kappa shape index (κ1) is 7.16. The number of ketones is 1. The largest absolute Gasteiger partial charge is 0.294 e. The molecular formula is C9H8N2O. The summed E-state index contributed by atoms with van der Waals surface area (Å²) in [5.74, 6) is 0.831. The van der Waals surface area contributed by atoms with Crippen LogP contribution in [0, 0.1) is 6.92 Å². The Labute approximate surface area is 70.2 Å². The minimum absolute atomic E-state index is 0.112. The molecule has 12 heavy (non-hydrogen) atoms. The summed E-state index contributed by atoms with van der Waals surface area (Å²) in [6.07, 6.45) is 5.50. The van der Waals surface area contributed by atoms with E-state index in [-0.39, 0.29) is 5.78 Å². The summed E-state index contributed by atoms with van der Waals surface area (Å²) < 4.78 is 0. The number of rotatable bonds is 0. The maximum atomic E-state index is 11.0. The lowest BCUT2D eigenvalue weighted by molar-refractivity contribution is -0.114. The molecule has 60 valence electrons. The number of hydrogen-bond donors (Lipinski definition) is 0. The molecule has 0 saturated carbocycles. The number of fused-ring (bicyclic) bond motifs is 1. The number of allylic oxidation sites excluding steroid dienone is 1. The van der Waals surface area contributed by atoms with E-state index in [1.165, 1.54) is 0 Å². The minimum atomic E-state index is 0.112. The average Bonchev–Trinajstić information content (AvgIpc) is 2.03. The Kier molecular flexibility index (Phi) is 1.50. The second-order valence-corrected chi connectivity index (χ2v) is 2.80. The number of aromatic nitrogens is 2. The summed E-state index contributed by atoms with van der Waals surface area (Å²) in [6, 6.07) is 0. The predicted molar refractivity (Wildman–Crippen MR) is 44.5 cm³/mol. The molecule has 0 radical (unpaired) electrons. The first-order valence-corrected chi connectivity index (χ1v) is 3.79. The standard InChI is InChI=1S/C9H8N2O/c1-6-10-5-7-2-3-8(12)4-9(7)11-6/h2-3,5H,4H2,1H3. The molecule has 0 aromatic carbocycles. The van der Waals surface area contributed by atoms with Crippen molar-refractivity contribution in [3.05, 3.63) is 29.4 Å². The third kappa shape index (κ3) is 1.13. The van der Waals surface area contributed by atoms with Crippen molar-refractivity contribution in [2.75, 3.05) is 0 Å². The molecule has 0 saturated heterocycles. The minimum Gasteiger partial charge on any atom is -0.294 e. The van der Waals surface area contributed by atoms with Gasteiger partial charge in [-0.1, -0.05) is 0 Å². The third-order valence-electron chi connectivity index (χ3n) is 1.81. The van der Waals surface area contributed by atoms with Crippen LogP contribution in [0.25, 0.3) is 6.08 Å². The van der Waals surface area contributed by atoms with Crippen LogP contribution in [-0.2, 0) is 11.2 Å². The number of nitrogens with zero attached hydrogens (tertiary/aromatic N) is 2. The van der Waals surface area contributed by atoms with Gasteiger partial charge in [-0.3, -0.25) is 4.79 Å². The zero-order valence-corrected chi connectivity index (χ0v) is 6.74. The molecule has 1 heterocycles. The van der Waals surface area contributed by atoms with Crippen LogP contribution < -0.4 is 0 Å². The SMILES string of the molecule is Cc1ncc2c(n1)CC(=O)C=C2. The van der Waals surface area contributed by atoms with Gasteiger partial charge in [-0.25, -0.2) is 9.97 Å². The van der Waals surface area contributed by atoms with E-state index in [1.54, 1.807) is 18.3 Å². The van der Waals surface area contributed by atoms with Gasteiger partial charge in [0.25, 0.3) is 0 Å². The van der Waals surface area contributed by atoms with Crippen LogP contribution in [0.4, 0.5) is 0 Å². The highest BCUT2D eigenvalue weighted by Gasteiger charge is 2.11. The van der Waals surface area contributed by atoms with Gasteiger partial charge in [0, 0.05) is 11.8 Å². The van der Waals surface area contributed by atoms with Crippen molar-refractivity contribution in [2.24, 2.45) is 0 Å². The molecule has 0 fully saturated rings. The average molecular weight is 160 g/mol. The van der Waals surface area contributed by atoms with Crippen molar-refractivity contribution >= 4 is 11.9 Å². The molecular weight excluding hydrogens is 152 g/mol. The van der Waals surface area contributed by atoms with Crippen LogP contribution in [0.1, 0.15) is 17.1 Å². The van der Waals surface area contributed by atoms with Crippen LogP contribution >= 0.6 is 0 Å². The van der Waals surface area contributed by atoms with E-state index in [4.69, 9.17) is 0 Å². The Bertz CT molecular complexity index is 369. The van der Waals surface area contributed by atoms with E-state index >= 15 is 0 Å². The summed E-state index contributed by atoms with van der Waals surface area (Å²) >= 11 is 0. The Balaban J connectivity index is 2.54. The normalized spacial score (nSPS) is 14.6. The molecule has 1 aromatic rings. The highest BCUT2D eigenvalue weighted by Crippen LogP contribution is 2.13. The molecule has 1 aliphatic carbocycles. The van der Waals surface area contributed by atoms with Crippen LogP contribution in [0.3, 0.4) is 0 Å². The van der Waals surface area contributed by atoms with Crippen LogP contribution in [0.5, 0.6) is 0 Å². The molecule has 0 spiro atoms. The smallest absolute Gasteiger partial charge is 0.161 e. The Morgan fingerprint density at radius 1 is 1.42 bits per heavy atom. The zero-order valence-electron chi connectivity index (χ0n) is 6.74. The summed E-state index contributed by atoms with van der Waals surface area (Å²) in [4.78, 5) is 19.2. The Morgan fingerprint density at radius 3 is 3.08 bits per heavy atom. The summed E-state index contributed by atoms with van der Waals surface area (Å²) in [6.45, 7) is 1.82. The van der Waals surface area contributed by atoms with Crippen molar-refractivity contribution in [2.45, 2.75) is 13.3 Å². The zero-order chi connectivity index (χ0) is 8.55. The molecule has 1 aromatic heterocycles. The predicted octanol–water partition coefficient (Wildman–Crippen LogP) is 0.923. The van der Waals surface area contributed by atoms with Crippen LogP contribution in [-0.4, -0.2) is 15.8 Å². The third-order valence-corrected chi connectivity index (χ3v) is 1.81. The molecule has 1 aliphatic rings. The van der Waals surface area contributed by atoms with Crippen LogP contribution in [0.15, 0.2) is 12.3 Å². The number of aryl methyl sites for hydroxylation is 1. The molecule has 3 heteroatoms. The molecule has 0 amide bonds. The van der Waals surface area contributed by atoms with Gasteiger partial charge in [-0.2, -0.15) is 0 Å². The van der Waals surface area contributed by atoms with Gasteiger partial charge >= 0.3 is 0 Å². The maximum Gasteiger partial charge on any atom is 0.161 e.